The van der Waals surface area contributed by atoms with Crippen LogP contribution < -0.4 is 5.32 Å². The SMILES string of the molecule is O=C(CCc1ccc(Cl)cc1)NCCSCc1ccc(Cl)cc1Cl. The molecule has 6 heteroatoms. The Morgan fingerprint density at radius 2 is 1.71 bits per heavy atom. The third kappa shape index (κ3) is 6.94. The van der Waals surface area contributed by atoms with Gasteiger partial charge in [0.25, 0.3) is 0 Å². The summed E-state index contributed by atoms with van der Waals surface area (Å²) in [5.74, 6) is 1.71. The van der Waals surface area contributed by atoms with Gasteiger partial charge in [-0.05, 0) is 41.8 Å². The predicted molar refractivity (Wildman–Crippen MR) is 105 cm³/mol. The van der Waals surface area contributed by atoms with Crippen molar-refractivity contribution >= 4 is 52.5 Å². The molecule has 0 aliphatic rings. The van der Waals surface area contributed by atoms with E-state index >= 15 is 0 Å². The minimum Gasteiger partial charge on any atom is -0.355 e. The molecular formula is C18H18Cl3NOS. The van der Waals surface area contributed by atoms with E-state index in [1.54, 1.807) is 17.8 Å². The fourth-order valence-corrected chi connectivity index (χ4v) is 3.62. The van der Waals surface area contributed by atoms with E-state index in [4.69, 9.17) is 34.8 Å². The van der Waals surface area contributed by atoms with E-state index in [0.29, 0.717) is 28.0 Å². The lowest BCUT2D eigenvalue weighted by atomic mass is 10.1. The van der Waals surface area contributed by atoms with E-state index in [2.05, 4.69) is 5.32 Å². The summed E-state index contributed by atoms with van der Waals surface area (Å²) in [6, 6.07) is 13.1. The first-order valence-electron chi connectivity index (χ1n) is 7.57. The molecule has 0 aromatic heterocycles. The summed E-state index contributed by atoms with van der Waals surface area (Å²) in [5.41, 5.74) is 2.17. The summed E-state index contributed by atoms with van der Waals surface area (Å²) < 4.78 is 0. The summed E-state index contributed by atoms with van der Waals surface area (Å²) >= 11 is 19.6. The number of carbonyl (C=O) groups excluding carboxylic acids is 1. The van der Waals surface area contributed by atoms with Crippen LogP contribution in [0.25, 0.3) is 0 Å². The van der Waals surface area contributed by atoms with Crippen molar-refractivity contribution in [3.05, 3.63) is 68.7 Å². The Labute approximate surface area is 161 Å². The van der Waals surface area contributed by atoms with Crippen molar-refractivity contribution in [3.8, 4) is 0 Å². The normalized spacial score (nSPS) is 10.6. The number of halogens is 3. The highest BCUT2D eigenvalue weighted by atomic mass is 35.5. The lowest BCUT2D eigenvalue weighted by Crippen LogP contribution is -2.25. The first-order valence-corrected chi connectivity index (χ1v) is 9.86. The number of carbonyl (C=O) groups is 1. The molecule has 24 heavy (non-hydrogen) atoms. The summed E-state index contributed by atoms with van der Waals surface area (Å²) in [7, 11) is 0. The lowest BCUT2D eigenvalue weighted by molar-refractivity contribution is -0.120. The van der Waals surface area contributed by atoms with Gasteiger partial charge in [-0.25, -0.2) is 0 Å². The van der Waals surface area contributed by atoms with Crippen LogP contribution in [0.2, 0.25) is 15.1 Å². The van der Waals surface area contributed by atoms with Crippen molar-refractivity contribution < 1.29 is 4.79 Å². The molecule has 0 aliphatic carbocycles. The third-order valence-electron chi connectivity index (χ3n) is 3.40. The van der Waals surface area contributed by atoms with E-state index < -0.39 is 0 Å². The number of amides is 1. The molecule has 0 radical (unpaired) electrons. The van der Waals surface area contributed by atoms with Crippen molar-refractivity contribution in [2.45, 2.75) is 18.6 Å². The average molecular weight is 403 g/mol. The van der Waals surface area contributed by atoms with Crippen LogP contribution in [-0.2, 0) is 17.0 Å². The second kappa shape index (κ2) is 10.2. The molecule has 0 saturated heterocycles. The molecule has 0 saturated carbocycles. The highest BCUT2D eigenvalue weighted by Gasteiger charge is 2.04. The van der Waals surface area contributed by atoms with Gasteiger partial charge < -0.3 is 5.32 Å². The van der Waals surface area contributed by atoms with Crippen LogP contribution in [0.3, 0.4) is 0 Å². The van der Waals surface area contributed by atoms with E-state index in [1.165, 1.54) is 0 Å². The molecule has 0 fully saturated rings. The van der Waals surface area contributed by atoms with Crippen LogP contribution in [-0.4, -0.2) is 18.2 Å². The van der Waals surface area contributed by atoms with Gasteiger partial charge in [0.05, 0.1) is 0 Å². The third-order valence-corrected chi connectivity index (χ3v) is 5.24. The van der Waals surface area contributed by atoms with Crippen LogP contribution in [0.15, 0.2) is 42.5 Å². The highest BCUT2D eigenvalue weighted by molar-refractivity contribution is 7.98. The van der Waals surface area contributed by atoms with Gasteiger partial charge >= 0.3 is 0 Å². The Bertz CT molecular complexity index is 676. The zero-order valence-electron chi connectivity index (χ0n) is 13.0. The fourth-order valence-electron chi connectivity index (χ4n) is 2.08. The second-order valence-electron chi connectivity index (χ2n) is 5.26. The molecule has 2 rings (SSSR count). The average Bonchev–Trinajstić information content (AvgIpc) is 2.56. The Hall–Kier alpha value is -0.870. The molecule has 2 aromatic rings. The Morgan fingerprint density at radius 3 is 2.42 bits per heavy atom. The topological polar surface area (TPSA) is 29.1 Å². The van der Waals surface area contributed by atoms with Crippen molar-refractivity contribution in [2.24, 2.45) is 0 Å². The minimum absolute atomic E-state index is 0.0649. The van der Waals surface area contributed by atoms with Gasteiger partial charge in [-0.3, -0.25) is 4.79 Å². The number of rotatable bonds is 8. The van der Waals surface area contributed by atoms with Gasteiger partial charge in [-0.1, -0.05) is 53.0 Å². The van der Waals surface area contributed by atoms with Crippen molar-refractivity contribution in [1.82, 2.24) is 5.32 Å². The number of hydrogen-bond acceptors (Lipinski definition) is 2. The van der Waals surface area contributed by atoms with Gasteiger partial charge in [-0.2, -0.15) is 11.8 Å². The van der Waals surface area contributed by atoms with Crippen LogP contribution in [0.4, 0.5) is 0 Å². The monoisotopic (exact) mass is 401 g/mol. The first kappa shape index (κ1) is 19.5. The van der Waals surface area contributed by atoms with Gasteiger partial charge in [0.2, 0.25) is 5.91 Å². The summed E-state index contributed by atoms with van der Waals surface area (Å²) in [4.78, 5) is 11.8. The minimum atomic E-state index is 0.0649. The van der Waals surface area contributed by atoms with Crippen molar-refractivity contribution in [1.29, 1.82) is 0 Å². The van der Waals surface area contributed by atoms with E-state index in [0.717, 1.165) is 29.1 Å². The summed E-state index contributed by atoms with van der Waals surface area (Å²) in [6.45, 7) is 0.648. The van der Waals surface area contributed by atoms with Crippen molar-refractivity contribution in [3.63, 3.8) is 0 Å². The molecule has 0 unspecified atom stereocenters. The predicted octanol–water partition coefficient (Wildman–Crippen LogP) is 5.63. The molecule has 2 aromatic carbocycles. The van der Waals surface area contributed by atoms with Gasteiger partial charge in [0.15, 0.2) is 0 Å². The molecule has 0 aliphatic heterocycles. The maximum atomic E-state index is 11.8. The number of thioether (sulfide) groups is 1. The number of benzene rings is 2. The van der Waals surface area contributed by atoms with E-state index in [-0.39, 0.29) is 5.91 Å². The lowest BCUT2D eigenvalue weighted by Gasteiger charge is -2.07. The van der Waals surface area contributed by atoms with E-state index in [9.17, 15) is 4.79 Å². The molecule has 0 atom stereocenters. The molecular weight excluding hydrogens is 385 g/mol. The quantitative estimate of drug-likeness (QED) is 0.580. The number of aryl methyl sites for hydroxylation is 1. The Balaban J connectivity index is 1.60. The molecule has 1 amide bonds. The molecule has 2 nitrogen and oxygen atoms in total. The smallest absolute Gasteiger partial charge is 0.220 e. The maximum absolute atomic E-state index is 11.8. The molecule has 0 spiro atoms. The molecule has 128 valence electrons. The molecule has 1 N–H and O–H groups in total. The van der Waals surface area contributed by atoms with Gasteiger partial charge in [0.1, 0.15) is 0 Å². The maximum Gasteiger partial charge on any atom is 0.220 e. The van der Waals surface area contributed by atoms with Gasteiger partial charge in [0, 0.05) is 39.5 Å². The van der Waals surface area contributed by atoms with Gasteiger partial charge in [-0.15, -0.1) is 0 Å². The highest BCUT2D eigenvalue weighted by Crippen LogP contribution is 2.24. The van der Waals surface area contributed by atoms with Crippen LogP contribution in [0.1, 0.15) is 17.5 Å². The van der Waals surface area contributed by atoms with E-state index in [1.807, 2.05) is 36.4 Å². The largest absolute Gasteiger partial charge is 0.355 e. The molecule has 0 bridgehead atoms. The molecule has 0 heterocycles. The number of nitrogens with one attached hydrogen (secondary N) is 1. The van der Waals surface area contributed by atoms with Crippen molar-refractivity contribution in [2.75, 3.05) is 12.3 Å². The van der Waals surface area contributed by atoms with Crippen LogP contribution >= 0.6 is 46.6 Å². The zero-order chi connectivity index (χ0) is 17.4. The summed E-state index contributed by atoms with van der Waals surface area (Å²) in [6.07, 6.45) is 1.20. The van der Waals surface area contributed by atoms with Crippen LogP contribution in [0.5, 0.6) is 0 Å². The Kier molecular flexibility index (Phi) is 8.26. The second-order valence-corrected chi connectivity index (χ2v) is 7.65. The Morgan fingerprint density at radius 1 is 1.00 bits per heavy atom. The first-order chi connectivity index (χ1) is 11.5. The standard InChI is InChI=1S/C18H18Cl3NOS/c19-15-5-1-13(2-6-15)3-8-18(23)22-9-10-24-12-14-4-7-16(20)11-17(14)21/h1-2,4-7,11H,3,8-10,12H2,(H,22,23). The van der Waals surface area contributed by atoms with Crippen LogP contribution in [0, 0.1) is 0 Å². The zero-order valence-corrected chi connectivity index (χ0v) is 16.1. The number of hydrogen-bond donors (Lipinski definition) is 1. The summed E-state index contributed by atoms with van der Waals surface area (Å²) in [5, 5.41) is 4.97. The fraction of sp³-hybridized carbons (Fsp3) is 0.278.